The van der Waals surface area contributed by atoms with E-state index in [0.29, 0.717) is 12.3 Å². The molecule has 5 aromatic rings. The van der Waals surface area contributed by atoms with E-state index in [9.17, 15) is 0 Å². The summed E-state index contributed by atoms with van der Waals surface area (Å²) >= 11 is 0. The van der Waals surface area contributed by atoms with Crippen molar-refractivity contribution in [3.05, 3.63) is 72.5 Å². The lowest BCUT2D eigenvalue weighted by molar-refractivity contribution is 0.414. The molecule has 0 amide bonds. The second kappa shape index (κ2) is 6.74. The molecule has 1 N–H and O–H groups in total. The maximum absolute atomic E-state index is 5.47. The molecule has 0 aliphatic carbocycles. The maximum Gasteiger partial charge on any atom is 0.260 e. The fourth-order valence-electron chi connectivity index (χ4n) is 3.28. The first-order chi connectivity index (χ1) is 13.8. The summed E-state index contributed by atoms with van der Waals surface area (Å²) in [5.41, 5.74) is 4.10. The first-order valence-corrected chi connectivity index (χ1v) is 8.91. The van der Waals surface area contributed by atoms with Crippen molar-refractivity contribution >= 4 is 27.9 Å². The molecule has 28 heavy (non-hydrogen) atoms. The standard InChI is InChI=1S/C22H17N3O3/c1-26-19-5-3-2-4-16(19)21-17-7-9-20(24-22(17)28-25-21)23-13-14-6-8-18-15(12-14)10-11-27-18/h2-12H,13H2,1H3,(H,23,24). The SMILES string of the molecule is COc1ccccc1-c1noc2nc(NCc3ccc4occc4c3)ccc12. The van der Waals surface area contributed by atoms with Gasteiger partial charge in [0.25, 0.3) is 5.71 Å². The summed E-state index contributed by atoms with van der Waals surface area (Å²) < 4.78 is 16.3. The van der Waals surface area contributed by atoms with E-state index in [1.54, 1.807) is 13.4 Å². The van der Waals surface area contributed by atoms with E-state index < -0.39 is 0 Å². The molecule has 0 radical (unpaired) electrons. The van der Waals surface area contributed by atoms with Crippen LogP contribution < -0.4 is 10.1 Å². The van der Waals surface area contributed by atoms with Gasteiger partial charge in [0.1, 0.15) is 22.8 Å². The maximum atomic E-state index is 5.47. The molecule has 3 aromatic heterocycles. The quantitative estimate of drug-likeness (QED) is 0.454. The summed E-state index contributed by atoms with van der Waals surface area (Å²) in [4.78, 5) is 4.54. The predicted octanol–water partition coefficient (Wildman–Crippen LogP) is 5.26. The number of aromatic nitrogens is 2. The number of anilines is 1. The van der Waals surface area contributed by atoms with Gasteiger partial charge >= 0.3 is 0 Å². The van der Waals surface area contributed by atoms with Crippen LogP contribution in [-0.2, 0) is 6.54 Å². The largest absolute Gasteiger partial charge is 0.496 e. The number of methoxy groups -OCH3 is 1. The molecule has 3 heterocycles. The summed E-state index contributed by atoms with van der Waals surface area (Å²) in [6, 6.07) is 19.7. The zero-order valence-corrected chi connectivity index (χ0v) is 15.2. The van der Waals surface area contributed by atoms with Crippen LogP contribution in [0.4, 0.5) is 5.82 Å². The van der Waals surface area contributed by atoms with Crippen LogP contribution in [0, 0.1) is 0 Å². The van der Waals surface area contributed by atoms with E-state index >= 15 is 0 Å². The summed E-state index contributed by atoms with van der Waals surface area (Å²) in [5.74, 6) is 1.47. The van der Waals surface area contributed by atoms with Gasteiger partial charge in [-0.05, 0) is 48.0 Å². The van der Waals surface area contributed by atoms with Crippen molar-refractivity contribution in [2.24, 2.45) is 0 Å². The van der Waals surface area contributed by atoms with E-state index in [2.05, 4.69) is 21.5 Å². The third-order valence-electron chi connectivity index (χ3n) is 4.69. The lowest BCUT2D eigenvalue weighted by atomic mass is 10.1. The number of fused-ring (bicyclic) bond motifs is 2. The zero-order valence-electron chi connectivity index (χ0n) is 15.2. The molecule has 5 rings (SSSR count). The summed E-state index contributed by atoms with van der Waals surface area (Å²) in [5, 5.41) is 9.46. The summed E-state index contributed by atoms with van der Waals surface area (Å²) in [7, 11) is 1.64. The first kappa shape index (κ1) is 16.4. The average molecular weight is 371 g/mol. The number of nitrogens with one attached hydrogen (secondary N) is 1. The smallest absolute Gasteiger partial charge is 0.260 e. The summed E-state index contributed by atoms with van der Waals surface area (Å²) in [6.07, 6.45) is 1.70. The van der Waals surface area contributed by atoms with Crippen molar-refractivity contribution in [2.45, 2.75) is 6.54 Å². The molecule has 6 nitrogen and oxygen atoms in total. The Morgan fingerprint density at radius 1 is 1.04 bits per heavy atom. The van der Waals surface area contributed by atoms with E-state index in [1.165, 1.54) is 0 Å². The Bertz CT molecular complexity index is 1270. The number of para-hydroxylation sites is 1. The minimum absolute atomic E-state index is 0.483. The van der Waals surface area contributed by atoms with Gasteiger partial charge in [-0.1, -0.05) is 23.4 Å². The van der Waals surface area contributed by atoms with Gasteiger partial charge in [-0.25, -0.2) is 0 Å². The second-order valence-electron chi connectivity index (χ2n) is 6.43. The van der Waals surface area contributed by atoms with Gasteiger partial charge < -0.3 is 19.0 Å². The molecule has 0 saturated carbocycles. The lowest BCUT2D eigenvalue weighted by Crippen LogP contribution is -2.00. The Morgan fingerprint density at radius 3 is 2.89 bits per heavy atom. The summed E-state index contributed by atoms with van der Waals surface area (Å²) in [6.45, 7) is 0.646. The van der Waals surface area contributed by atoms with E-state index in [0.717, 1.165) is 44.7 Å². The van der Waals surface area contributed by atoms with Gasteiger partial charge in [-0.3, -0.25) is 0 Å². The van der Waals surface area contributed by atoms with Crippen LogP contribution in [0.3, 0.4) is 0 Å². The van der Waals surface area contributed by atoms with Crippen molar-refractivity contribution in [3.63, 3.8) is 0 Å². The first-order valence-electron chi connectivity index (χ1n) is 8.91. The van der Waals surface area contributed by atoms with Gasteiger partial charge in [0.2, 0.25) is 0 Å². The van der Waals surface area contributed by atoms with Crippen LogP contribution in [0.2, 0.25) is 0 Å². The second-order valence-corrected chi connectivity index (χ2v) is 6.43. The highest BCUT2D eigenvalue weighted by molar-refractivity contribution is 5.92. The van der Waals surface area contributed by atoms with E-state index in [-0.39, 0.29) is 0 Å². The van der Waals surface area contributed by atoms with Crippen molar-refractivity contribution < 1.29 is 13.7 Å². The molecule has 0 atom stereocenters. The lowest BCUT2D eigenvalue weighted by Gasteiger charge is -2.06. The van der Waals surface area contributed by atoms with Crippen LogP contribution in [0.15, 0.2) is 75.9 Å². The number of nitrogens with zero attached hydrogens (tertiary/aromatic N) is 2. The Hall–Kier alpha value is -3.80. The van der Waals surface area contributed by atoms with Crippen molar-refractivity contribution in [1.82, 2.24) is 10.1 Å². The van der Waals surface area contributed by atoms with Gasteiger partial charge in [0.05, 0.1) is 18.8 Å². The van der Waals surface area contributed by atoms with Gasteiger partial charge in [-0.2, -0.15) is 4.98 Å². The number of hydrogen-bond donors (Lipinski definition) is 1. The number of hydrogen-bond acceptors (Lipinski definition) is 6. The zero-order chi connectivity index (χ0) is 18.9. The molecule has 0 bridgehead atoms. The van der Waals surface area contributed by atoms with Crippen LogP contribution in [-0.4, -0.2) is 17.3 Å². The molecule has 0 aliphatic heterocycles. The minimum atomic E-state index is 0.483. The molecule has 0 spiro atoms. The number of pyridine rings is 1. The fraction of sp³-hybridized carbons (Fsp3) is 0.0909. The van der Waals surface area contributed by atoms with E-state index in [4.69, 9.17) is 13.7 Å². The molecule has 6 heteroatoms. The molecular formula is C22H17N3O3. The van der Waals surface area contributed by atoms with Crippen molar-refractivity contribution in [2.75, 3.05) is 12.4 Å². The Morgan fingerprint density at radius 2 is 1.96 bits per heavy atom. The van der Waals surface area contributed by atoms with E-state index in [1.807, 2.05) is 54.6 Å². The molecule has 138 valence electrons. The van der Waals surface area contributed by atoms with Crippen molar-refractivity contribution in [3.8, 4) is 17.0 Å². The highest BCUT2D eigenvalue weighted by Gasteiger charge is 2.15. The Balaban J connectivity index is 1.41. The average Bonchev–Trinajstić information content (AvgIpc) is 3.38. The highest BCUT2D eigenvalue weighted by atomic mass is 16.5. The van der Waals surface area contributed by atoms with Crippen LogP contribution >= 0.6 is 0 Å². The van der Waals surface area contributed by atoms with Crippen LogP contribution in [0.5, 0.6) is 5.75 Å². The molecule has 0 fully saturated rings. The van der Waals surface area contributed by atoms with Crippen molar-refractivity contribution in [1.29, 1.82) is 0 Å². The van der Waals surface area contributed by atoms with Gasteiger partial charge in [0.15, 0.2) is 0 Å². The predicted molar refractivity (Wildman–Crippen MR) is 107 cm³/mol. The molecule has 0 aliphatic rings. The van der Waals surface area contributed by atoms with Crippen LogP contribution in [0.25, 0.3) is 33.3 Å². The third-order valence-corrected chi connectivity index (χ3v) is 4.69. The monoisotopic (exact) mass is 371 g/mol. The minimum Gasteiger partial charge on any atom is -0.496 e. The third kappa shape index (κ3) is 2.85. The fourth-order valence-corrected chi connectivity index (χ4v) is 3.28. The molecule has 2 aromatic carbocycles. The molecule has 0 saturated heterocycles. The number of rotatable bonds is 5. The van der Waals surface area contributed by atoms with Crippen LogP contribution in [0.1, 0.15) is 5.56 Å². The Labute approximate surface area is 160 Å². The van der Waals surface area contributed by atoms with Gasteiger partial charge in [-0.15, -0.1) is 0 Å². The molecule has 0 unspecified atom stereocenters. The molecular weight excluding hydrogens is 354 g/mol. The van der Waals surface area contributed by atoms with Gasteiger partial charge in [0, 0.05) is 17.5 Å². The normalized spacial score (nSPS) is 11.2. The topological polar surface area (TPSA) is 73.3 Å². The Kier molecular flexibility index (Phi) is 3.94. The number of benzene rings is 2. The highest BCUT2D eigenvalue weighted by Crippen LogP contribution is 2.34. The number of furan rings is 1. The number of ether oxygens (including phenoxy) is 1.